The highest BCUT2D eigenvalue weighted by Crippen LogP contribution is 2.22. The van der Waals surface area contributed by atoms with Crippen LogP contribution in [0.25, 0.3) is 16.6 Å². The van der Waals surface area contributed by atoms with E-state index in [-0.39, 0.29) is 11.9 Å². The summed E-state index contributed by atoms with van der Waals surface area (Å²) < 4.78 is 3.97. The van der Waals surface area contributed by atoms with Gasteiger partial charge < -0.3 is 9.88 Å². The first kappa shape index (κ1) is 15.4. The van der Waals surface area contributed by atoms with E-state index in [0.29, 0.717) is 11.4 Å². The van der Waals surface area contributed by atoms with E-state index < -0.39 is 0 Å². The molecule has 0 saturated heterocycles. The van der Waals surface area contributed by atoms with Crippen LogP contribution in [0.2, 0.25) is 0 Å². The van der Waals surface area contributed by atoms with Crippen molar-refractivity contribution in [3.05, 3.63) is 66.2 Å². The van der Waals surface area contributed by atoms with Crippen LogP contribution in [0.3, 0.4) is 0 Å². The van der Waals surface area contributed by atoms with Gasteiger partial charge in [0.25, 0.3) is 5.91 Å². The Labute approximate surface area is 145 Å². The summed E-state index contributed by atoms with van der Waals surface area (Å²) in [6, 6.07) is 13.4. The largest absolute Gasteiger partial charge is 0.347 e. The normalized spacial score (nSPS) is 12.6. The summed E-state index contributed by atoms with van der Waals surface area (Å²) in [4.78, 5) is 12.8. The van der Waals surface area contributed by atoms with E-state index in [9.17, 15) is 4.79 Å². The van der Waals surface area contributed by atoms with Gasteiger partial charge in [0.05, 0.1) is 11.6 Å². The van der Waals surface area contributed by atoms with Crippen LogP contribution < -0.4 is 5.32 Å². The lowest BCUT2D eigenvalue weighted by atomic mass is 10.1. The molecule has 0 aliphatic rings. The first-order valence-corrected chi connectivity index (χ1v) is 8.37. The molecular formula is C19H19N5O. The molecular weight excluding hydrogens is 314 g/mol. The molecule has 0 radical (unpaired) electrons. The zero-order chi connectivity index (χ0) is 17.4. The lowest BCUT2D eigenvalue weighted by Gasteiger charge is -2.12. The third kappa shape index (κ3) is 2.55. The Balaban J connectivity index is 1.66. The molecule has 3 aromatic heterocycles. The standard InChI is InChI=1S/C19H19N5O/c1-3-23-12-15(14-8-4-5-9-16(14)23)19(25)20-13(2)18-22-21-17-10-6-7-11-24(17)18/h4-13H,3H2,1-2H3,(H,20,25)/t13-/m1/s1. The summed E-state index contributed by atoms with van der Waals surface area (Å²) in [5.41, 5.74) is 2.51. The van der Waals surface area contributed by atoms with Gasteiger partial charge in [-0.25, -0.2) is 0 Å². The quantitative estimate of drug-likeness (QED) is 0.624. The number of fused-ring (bicyclic) bond motifs is 2. The van der Waals surface area contributed by atoms with E-state index in [1.165, 1.54) is 0 Å². The molecule has 25 heavy (non-hydrogen) atoms. The molecule has 0 bridgehead atoms. The SMILES string of the molecule is CCn1cc(C(=O)N[C@H](C)c2nnc3ccccn23)c2ccccc21. The Kier molecular flexibility index (Phi) is 3.72. The Hall–Kier alpha value is -3.15. The van der Waals surface area contributed by atoms with Crippen molar-refractivity contribution in [2.45, 2.75) is 26.4 Å². The predicted octanol–water partition coefficient (Wildman–Crippen LogP) is 3.19. The highest BCUT2D eigenvalue weighted by atomic mass is 16.1. The van der Waals surface area contributed by atoms with Gasteiger partial charge in [-0.15, -0.1) is 10.2 Å². The van der Waals surface area contributed by atoms with Gasteiger partial charge in [-0.3, -0.25) is 9.20 Å². The highest BCUT2D eigenvalue weighted by molar-refractivity contribution is 6.07. The van der Waals surface area contributed by atoms with Crippen LogP contribution in [-0.2, 0) is 6.54 Å². The van der Waals surface area contributed by atoms with Gasteiger partial charge in [-0.1, -0.05) is 24.3 Å². The van der Waals surface area contributed by atoms with E-state index in [0.717, 1.165) is 23.1 Å². The minimum Gasteiger partial charge on any atom is -0.347 e. The second kappa shape index (κ2) is 6.05. The Morgan fingerprint density at radius 3 is 2.80 bits per heavy atom. The number of aryl methyl sites for hydroxylation is 1. The lowest BCUT2D eigenvalue weighted by molar-refractivity contribution is 0.0939. The first-order valence-electron chi connectivity index (χ1n) is 8.37. The summed E-state index contributed by atoms with van der Waals surface area (Å²) in [5.74, 6) is 0.603. The van der Waals surface area contributed by atoms with Crippen LogP contribution >= 0.6 is 0 Å². The van der Waals surface area contributed by atoms with Crippen molar-refractivity contribution in [3.63, 3.8) is 0 Å². The molecule has 1 atom stereocenters. The summed E-state index contributed by atoms with van der Waals surface area (Å²) in [7, 11) is 0. The summed E-state index contributed by atoms with van der Waals surface area (Å²) in [6.45, 7) is 4.80. The minimum absolute atomic E-state index is 0.108. The average molecular weight is 333 g/mol. The van der Waals surface area contributed by atoms with Crippen molar-refractivity contribution in [2.24, 2.45) is 0 Å². The molecule has 0 aliphatic heterocycles. The third-order valence-electron chi connectivity index (χ3n) is 4.45. The van der Waals surface area contributed by atoms with Crippen molar-refractivity contribution in [1.82, 2.24) is 24.5 Å². The lowest BCUT2D eigenvalue weighted by Crippen LogP contribution is -2.27. The van der Waals surface area contributed by atoms with E-state index in [1.54, 1.807) is 0 Å². The van der Waals surface area contributed by atoms with Crippen molar-refractivity contribution in [1.29, 1.82) is 0 Å². The van der Waals surface area contributed by atoms with Gasteiger partial charge in [0.15, 0.2) is 11.5 Å². The van der Waals surface area contributed by atoms with Gasteiger partial charge in [-0.05, 0) is 32.0 Å². The van der Waals surface area contributed by atoms with Crippen molar-refractivity contribution in [3.8, 4) is 0 Å². The smallest absolute Gasteiger partial charge is 0.254 e. The molecule has 1 amide bonds. The van der Waals surface area contributed by atoms with E-state index in [1.807, 2.05) is 66.2 Å². The molecule has 0 unspecified atom stereocenters. The van der Waals surface area contributed by atoms with Crippen molar-refractivity contribution >= 4 is 22.5 Å². The van der Waals surface area contributed by atoms with Gasteiger partial charge >= 0.3 is 0 Å². The number of para-hydroxylation sites is 1. The number of amides is 1. The highest BCUT2D eigenvalue weighted by Gasteiger charge is 2.19. The zero-order valence-electron chi connectivity index (χ0n) is 14.2. The van der Waals surface area contributed by atoms with Crippen molar-refractivity contribution < 1.29 is 4.79 Å². The number of carbonyl (C=O) groups excluding carboxylic acids is 1. The molecule has 126 valence electrons. The fourth-order valence-electron chi connectivity index (χ4n) is 3.18. The average Bonchev–Trinajstić information content (AvgIpc) is 3.23. The number of aromatic nitrogens is 4. The number of nitrogens with zero attached hydrogens (tertiary/aromatic N) is 4. The molecule has 0 aliphatic carbocycles. The molecule has 0 fully saturated rings. The van der Waals surface area contributed by atoms with Gasteiger partial charge in [-0.2, -0.15) is 0 Å². The van der Waals surface area contributed by atoms with Crippen molar-refractivity contribution in [2.75, 3.05) is 0 Å². The first-order chi connectivity index (χ1) is 12.2. The maximum Gasteiger partial charge on any atom is 0.254 e. The topological polar surface area (TPSA) is 64.2 Å². The zero-order valence-corrected chi connectivity index (χ0v) is 14.2. The van der Waals surface area contributed by atoms with Crippen LogP contribution in [0.5, 0.6) is 0 Å². The maximum absolute atomic E-state index is 12.8. The third-order valence-corrected chi connectivity index (χ3v) is 4.45. The van der Waals surface area contributed by atoms with Crippen LogP contribution in [0.1, 0.15) is 36.1 Å². The van der Waals surface area contributed by atoms with Crippen LogP contribution in [0.4, 0.5) is 0 Å². The predicted molar refractivity (Wildman–Crippen MR) is 96.5 cm³/mol. The second-order valence-corrected chi connectivity index (χ2v) is 6.03. The van der Waals surface area contributed by atoms with Gasteiger partial charge in [0.2, 0.25) is 0 Å². The number of carbonyl (C=O) groups is 1. The molecule has 4 aromatic rings. The molecule has 0 spiro atoms. The van der Waals surface area contributed by atoms with Crippen LogP contribution in [0.15, 0.2) is 54.9 Å². The number of hydrogen-bond donors (Lipinski definition) is 1. The molecule has 6 nitrogen and oxygen atoms in total. The molecule has 6 heteroatoms. The maximum atomic E-state index is 12.8. The number of hydrogen-bond acceptors (Lipinski definition) is 3. The monoisotopic (exact) mass is 333 g/mol. The van der Waals surface area contributed by atoms with E-state index >= 15 is 0 Å². The summed E-state index contributed by atoms with van der Waals surface area (Å²) in [6.07, 6.45) is 3.81. The summed E-state index contributed by atoms with van der Waals surface area (Å²) >= 11 is 0. The number of pyridine rings is 1. The van der Waals surface area contributed by atoms with Gasteiger partial charge in [0.1, 0.15) is 0 Å². The minimum atomic E-state index is -0.256. The van der Waals surface area contributed by atoms with E-state index in [4.69, 9.17) is 0 Å². The molecule has 0 saturated carbocycles. The molecule has 1 N–H and O–H groups in total. The fourth-order valence-corrected chi connectivity index (χ4v) is 3.18. The fraction of sp³-hybridized carbons (Fsp3) is 0.211. The van der Waals surface area contributed by atoms with Crippen LogP contribution in [0, 0.1) is 0 Å². The molecule has 3 heterocycles. The second-order valence-electron chi connectivity index (χ2n) is 6.03. The number of rotatable bonds is 4. The Morgan fingerprint density at radius 2 is 1.96 bits per heavy atom. The van der Waals surface area contributed by atoms with Gasteiger partial charge in [0, 0.05) is 29.8 Å². The van der Waals surface area contributed by atoms with E-state index in [2.05, 4.69) is 27.0 Å². The Morgan fingerprint density at radius 1 is 1.16 bits per heavy atom. The van der Waals surface area contributed by atoms with Crippen LogP contribution in [-0.4, -0.2) is 25.1 Å². The Bertz CT molecular complexity index is 1060. The summed E-state index contributed by atoms with van der Waals surface area (Å²) in [5, 5.41) is 12.4. The molecule has 4 rings (SSSR count). The number of benzene rings is 1. The number of nitrogens with one attached hydrogen (secondary N) is 1. The molecule has 1 aromatic carbocycles.